The maximum Gasteiger partial charge on any atom is 0.243 e. The van der Waals surface area contributed by atoms with Gasteiger partial charge in [-0.1, -0.05) is 6.92 Å². The minimum absolute atomic E-state index is 0.0915. The van der Waals surface area contributed by atoms with Crippen LogP contribution in [-0.4, -0.2) is 14.5 Å². The molecule has 1 aromatic carbocycles. The van der Waals surface area contributed by atoms with Crippen LogP contribution in [0.25, 0.3) is 0 Å². The number of aryl methyl sites for hydroxylation is 1. The van der Waals surface area contributed by atoms with E-state index in [9.17, 15) is 12.8 Å². The van der Waals surface area contributed by atoms with Crippen molar-refractivity contribution in [2.24, 2.45) is 5.92 Å². The zero-order chi connectivity index (χ0) is 13.5. The van der Waals surface area contributed by atoms with Crippen molar-refractivity contribution in [3.05, 3.63) is 23.5 Å². The van der Waals surface area contributed by atoms with E-state index in [4.69, 9.17) is 5.73 Å². The van der Waals surface area contributed by atoms with Gasteiger partial charge in [-0.25, -0.2) is 17.5 Å². The van der Waals surface area contributed by atoms with Crippen molar-refractivity contribution in [2.45, 2.75) is 37.6 Å². The molecule has 6 heteroatoms. The van der Waals surface area contributed by atoms with E-state index in [1.54, 1.807) is 0 Å². The van der Waals surface area contributed by atoms with Crippen LogP contribution in [0.4, 0.5) is 10.1 Å². The first-order valence-electron chi connectivity index (χ1n) is 5.87. The monoisotopic (exact) mass is 272 g/mol. The highest BCUT2D eigenvalue weighted by Gasteiger charge is 2.31. The topological polar surface area (TPSA) is 72.2 Å². The first-order valence-corrected chi connectivity index (χ1v) is 7.36. The maximum atomic E-state index is 13.9. The molecule has 1 aromatic rings. The first-order chi connectivity index (χ1) is 8.29. The van der Waals surface area contributed by atoms with Crippen molar-refractivity contribution in [3.63, 3.8) is 0 Å². The molecule has 0 spiro atoms. The largest absolute Gasteiger partial charge is 0.399 e. The molecule has 4 nitrogen and oxygen atoms in total. The van der Waals surface area contributed by atoms with E-state index in [1.165, 1.54) is 13.0 Å². The summed E-state index contributed by atoms with van der Waals surface area (Å²) in [6.45, 7) is 3.55. The highest BCUT2D eigenvalue weighted by Crippen LogP contribution is 2.29. The predicted molar refractivity (Wildman–Crippen MR) is 68.1 cm³/mol. The summed E-state index contributed by atoms with van der Waals surface area (Å²) in [5.41, 5.74) is 6.05. The molecule has 0 aromatic heterocycles. The Balaban J connectivity index is 2.29. The molecule has 0 saturated heterocycles. The number of rotatable bonds is 3. The van der Waals surface area contributed by atoms with Crippen LogP contribution in [0.1, 0.15) is 25.3 Å². The summed E-state index contributed by atoms with van der Waals surface area (Å²) >= 11 is 0. The minimum Gasteiger partial charge on any atom is -0.399 e. The summed E-state index contributed by atoms with van der Waals surface area (Å²) in [6.07, 6.45) is 1.59. The summed E-state index contributed by atoms with van der Waals surface area (Å²) in [7, 11) is -3.82. The number of halogens is 1. The maximum absolute atomic E-state index is 13.9. The molecule has 1 saturated carbocycles. The van der Waals surface area contributed by atoms with Gasteiger partial charge in [0.25, 0.3) is 0 Å². The average Bonchev–Trinajstić information content (AvgIpc) is 2.20. The second kappa shape index (κ2) is 4.51. The Morgan fingerprint density at radius 1 is 1.39 bits per heavy atom. The fourth-order valence-corrected chi connectivity index (χ4v) is 3.69. The first kappa shape index (κ1) is 13.3. The Labute approximate surface area is 106 Å². The van der Waals surface area contributed by atoms with Crippen LogP contribution in [0.5, 0.6) is 0 Å². The van der Waals surface area contributed by atoms with Crippen LogP contribution < -0.4 is 10.5 Å². The Bertz CT molecular complexity index is 566. The average molecular weight is 272 g/mol. The number of nitrogens with two attached hydrogens (primary N) is 1. The Morgan fingerprint density at radius 2 is 2.00 bits per heavy atom. The van der Waals surface area contributed by atoms with Crippen LogP contribution in [0.3, 0.4) is 0 Å². The van der Waals surface area contributed by atoms with Gasteiger partial charge in [0.15, 0.2) is 0 Å². The van der Waals surface area contributed by atoms with Crippen LogP contribution in [0, 0.1) is 18.7 Å². The second-order valence-corrected chi connectivity index (χ2v) is 6.73. The van der Waals surface area contributed by atoms with E-state index in [2.05, 4.69) is 11.6 Å². The molecule has 0 radical (unpaired) electrons. The second-order valence-electron chi connectivity index (χ2n) is 5.04. The molecule has 3 N–H and O–H groups in total. The quantitative estimate of drug-likeness (QED) is 0.824. The third-order valence-corrected chi connectivity index (χ3v) is 4.75. The van der Waals surface area contributed by atoms with E-state index in [1.807, 2.05) is 0 Å². The molecule has 0 atom stereocenters. The number of nitrogen functional groups attached to an aromatic ring is 1. The van der Waals surface area contributed by atoms with Gasteiger partial charge < -0.3 is 5.73 Å². The third kappa shape index (κ3) is 2.49. The van der Waals surface area contributed by atoms with Crippen LogP contribution >= 0.6 is 0 Å². The molecular formula is C12H17FN2O2S. The molecule has 1 aliphatic carbocycles. The lowest BCUT2D eigenvalue weighted by atomic mass is 9.83. The van der Waals surface area contributed by atoms with Crippen LogP contribution in [-0.2, 0) is 10.0 Å². The lowest BCUT2D eigenvalue weighted by Gasteiger charge is -2.32. The zero-order valence-corrected chi connectivity index (χ0v) is 11.2. The summed E-state index contributed by atoms with van der Waals surface area (Å²) in [5, 5.41) is 0. The number of sulfonamides is 1. The van der Waals surface area contributed by atoms with Gasteiger partial charge in [-0.15, -0.1) is 0 Å². The summed E-state index contributed by atoms with van der Waals surface area (Å²) in [4.78, 5) is -0.362. The molecule has 1 aliphatic rings. The molecule has 0 unspecified atom stereocenters. The van der Waals surface area contributed by atoms with Gasteiger partial charge in [0.1, 0.15) is 10.7 Å². The minimum atomic E-state index is -3.82. The van der Waals surface area contributed by atoms with E-state index < -0.39 is 15.8 Å². The number of anilines is 1. The molecule has 0 bridgehead atoms. The van der Waals surface area contributed by atoms with Gasteiger partial charge in [0.05, 0.1) is 0 Å². The Hall–Kier alpha value is -1.14. The van der Waals surface area contributed by atoms with Gasteiger partial charge in [-0.05, 0) is 43.4 Å². The van der Waals surface area contributed by atoms with E-state index >= 15 is 0 Å². The highest BCUT2D eigenvalue weighted by atomic mass is 32.2. The van der Waals surface area contributed by atoms with Crippen LogP contribution in [0.15, 0.2) is 17.0 Å². The van der Waals surface area contributed by atoms with Crippen molar-refractivity contribution in [1.82, 2.24) is 4.72 Å². The van der Waals surface area contributed by atoms with Gasteiger partial charge in [-0.2, -0.15) is 0 Å². The van der Waals surface area contributed by atoms with E-state index in [-0.39, 0.29) is 22.2 Å². The lowest BCUT2D eigenvalue weighted by molar-refractivity contribution is 0.270. The Kier molecular flexibility index (Phi) is 3.33. The van der Waals surface area contributed by atoms with Crippen molar-refractivity contribution in [1.29, 1.82) is 0 Å². The molecule has 0 aliphatic heterocycles. The summed E-state index contributed by atoms with van der Waals surface area (Å²) < 4.78 is 40.5. The van der Waals surface area contributed by atoms with Gasteiger partial charge >= 0.3 is 0 Å². The smallest absolute Gasteiger partial charge is 0.243 e. The van der Waals surface area contributed by atoms with Crippen LogP contribution in [0.2, 0.25) is 0 Å². The zero-order valence-electron chi connectivity index (χ0n) is 10.4. The number of hydrogen-bond donors (Lipinski definition) is 2. The number of nitrogens with one attached hydrogen (secondary N) is 1. The third-order valence-electron chi connectivity index (χ3n) is 3.23. The summed E-state index contributed by atoms with van der Waals surface area (Å²) in [6, 6.07) is 2.48. The Morgan fingerprint density at radius 3 is 2.56 bits per heavy atom. The van der Waals surface area contributed by atoms with Gasteiger partial charge in [0, 0.05) is 11.7 Å². The van der Waals surface area contributed by atoms with Crippen molar-refractivity contribution >= 4 is 15.7 Å². The standard InChI is InChI=1S/C12H17FN2O2S/c1-7-3-10(4-7)15-18(16,17)11-6-9(14)5-8(2)12(11)13/h5-7,10,15H,3-4,14H2,1-2H3. The molecule has 0 amide bonds. The van der Waals surface area contributed by atoms with E-state index in [0.717, 1.165) is 18.9 Å². The molecule has 1 fully saturated rings. The van der Waals surface area contributed by atoms with E-state index in [0.29, 0.717) is 5.92 Å². The fraction of sp³-hybridized carbons (Fsp3) is 0.500. The SMILES string of the molecule is Cc1cc(N)cc(S(=O)(=O)NC2CC(C)C2)c1F. The normalized spacial score (nSPS) is 23.7. The molecule has 2 rings (SSSR count). The predicted octanol–water partition coefficient (Wildman–Crippen LogP) is 1.79. The molecule has 0 heterocycles. The molecule has 100 valence electrons. The highest BCUT2D eigenvalue weighted by molar-refractivity contribution is 7.89. The molecule has 18 heavy (non-hydrogen) atoms. The summed E-state index contributed by atoms with van der Waals surface area (Å²) in [5.74, 6) is -0.214. The van der Waals surface area contributed by atoms with Crippen molar-refractivity contribution in [3.8, 4) is 0 Å². The number of benzene rings is 1. The molecular weight excluding hydrogens is 255 g/mol. The van der Waals surface area contributed by atoms with Gasteiger partial charge in [0.2, 0.25) is 10.0 Å². The van der Waals surface area contributed by atoms with Crippen molar-refractivity contribution in [2.75, 3.05) is 5.73 Å². The lowest BCUT2D eigenvalue weighted by Crippen LogP contribution is -2.43. The van der Waals surface area contributed by atoms with Crippen molar-refractivity contribution < 1.29 is 12.8 Å². The van der Waals surface area contributed by atoms with Gasteiger partial charge in [-0.3, -0.25) is 0 Å². The number of hydrogen-bond acceptors (Lipinski definition) is 3. The fourth-order valence-electron chi connectivity index (χ4n) is 2.24.